The third-order valence-corrected chi connectivity index (χ3v) is 2.15. The molecule has 0 saturated carbocycles. The maximum atomic E-state index is 10.9. The Morgan fingerprint density at radius 2 is 2.00 bits per heavy atom. The summed E-state index contributed by atoms with van der Waals surface area (Å²) in [7, 11) is 1.37. The van der Waals surface area contributed by atoms with E-state index in [0.717, 1.165) is 0 Å². The Labute approximate surface area is 102 Å². The van der Waals surface area contributed by atoms with Crippen molar-refractivity contribution in [2.24, 2.45) is 0 Å². The van der Waals surface area contributed by atoms with Crippen molar-refractivity contribution in [3.8, 4) is 5.75 Å². The summed E-state index contributed by atoms with van der Waals surface area (Å²) >= 11 is 5.72. The smallest absolute Gasteiger partial charge is 0.376 e. The highest BCUT2D eigenvalue weighted by Crippen LogP contribution is 2.27. The lowest BCUT2D eigenvalue weighted by Crippen LogP contribution is -2.09. The number of hydrogen-bond acceptors (Lipinski definition) is 4. The van der Waals surface area contributed by atoms with E-state index in [0.29, 0.717) is 11.1 Å². The molecule has 0 unspecified atom stereocenters. The maximum Gasteiger partial charge on any atom is 0.376 e. The second kappa shape index (κ2) is 5.36. The van der Waals surface area contributed by atoms with Crippen molar-refractivity contribution in [1.82, 2.24) is 0 Å². The molecule has 0 aromatic heterocycles. The van der Waals surface area contributed by atoms with Gasteiger partial charge in [-0.1, -0.05) is 11.6 Å². The van der Waals surface area contributed by atoms with Crippen molar-refractivity contribution < 1.29 is 24.5 Å². The van der Waals surface area contributed by atoms with Gasteiger partial charge in [0.05, 0.1) is 12.7 Å². The van der Waals surface area contributed by atoms with Crippen molar-refractivity contribution in [2.75, 3.05) is 7.11 Å². The fraction of sp³-hybridized carbons (Fsp3) is 0.0909. The Balaban J connectivity index is 3.19. The fourth-order valence-corrected chi connectivity index (χ4v) is 1.32. The second-order valence-corrected chi connectivity index (χ2v) is 3.48. The molecule has 0 aliphatic carbocycles. The molecule has 0 aliphatic heterocycles. The Hall–Kier alpha value is -2.01. The summed E-state index contributed by atoms with van der Waals surface area (Å²) in [5.41, 5.74) is 0.148. The third-order valence-electron chi connectivity index (χ3n) is 1.92. The van der Waals surface area contributed by atoms with Crippen LogP contribution in [0.3, 0.4) is 0 Å². The van der Waals surface area contributed by atoms with Crippen molar-refractivity contribution >= 4 is 29.1 Å². The fourth-order valence-electron chi connectivity index (χ4n) is 1.14. The Kier molecular flexibility index (Phi) is 4.12. The molecule has 0 heterocycles. The van der Waals surface area contributed by atoms with Crippen molar-refractivity contribution in [3.05, 3.63) is 34.9 Å². The van der Waals surface area contributed by atoms with E-state index in [2.05, 4.69) is 0 Å². The molecule has 0 spiro atoms. The SMILES string of the molecule is COc1ccc(Cl)cc1/C(O)=C/C(=O)C(=O)O. The first-order chi connectivity index (χ1) is 7.95. The average Bonchev–Trinajstić information content (AvgIpc) is 2.28. The molecule has 5 nitrogen and oxygen atoms in total. The molecule has 90 valence electrons. The first kappa shape index (κ1) is 13.1. The van der Waals surface area contributed by atoms with Crippen molar-refractivity contribution in [3.63, 3.8) is 0 Å². The Bertz CT molecular complexity index is 493. The minimum atomic E-state index is -1.66. The predicted octanol–water partition coefficient (Wildman–Crippen LogP) is 1.90. The summed E-state index contributed by atoms with van der Waals surface area (Å²) in [5.74, 6) is -3.12. The molecule has 2 N–H and O–H groups in total. The van der Waals surface area contributed by atoms with Gasteiger partial charge in [-0.05, 0) is 18.2 Å². The number of methoxy groups -OCH3 is 1. The molecule has 1 aromatic carbocycles. The first-order valence-corrected chi connectivity index (χ1v) is 4.85. The van der Waals surface area contributed by atoms with Crippen LogP contribution in [-0.2, 0) is 9.59 Å². The second-order valence-electron chi connectivity index (χ2n) is 3.04. The van der Waals surface area contributed by atoms with Gasteiger partial charge < -0.3 is 14.9 Å². The summed E-state index contributed by atoms with van der Waals surface area (Å²) in [4.78, 5) is 21.2. The molecule has 6 heteroatoms. The number of rotatable bonds is 4. The first-order valence-electron chi connectivity index (χ1n) is 4.47. The Morgan fingerprint density at radius 1 is 1.35 bits per heavy atom. The number of aliphatic carboxylic acids is 1. The van der Waals surface area contributed by atoms with Gasteiger partial charge in [-0.3, -0.25) is 4.79 Å². The molecule has 0 fully saturated rings. The van der Waals surface area contributed by atoms with Crippen LogP contribution in [0.5, 0.6) is 5.75 Å². The standard InChI is InChI=1S/C11H9ClO5/c1-17-10-3-2-6(12)4-7(10)8(13)5-9(14)11(15)16/h2-5,13H,1H3,(H,15,16)/b8-5-. The van der Waals surface area contributed by atoms with Crippen LogP contribution >= 0.6 is 11.6 Å². The van der Waals surface area contributed by atoms with E-state index < -0.39 is 17.5 Å². The summed E-state index contributed by atoms with van der Waals surface area (Å²) in [5, 5.41) is 18.3. The van der Waals surface area contributed by atoms with E-state index in [4.69, 9.17) is 21.4 Å². The summed E-state index contributed by atoms with van der Waals surface area (Å²) in [6.07, 6.45) is 0.594. The number of carbonyl (C=O) groups excluding carboxylic acids is 1. The zero-order chi connectivity index (χ0) is 13.0. The highest BCUT2D eigenvalue weighted by molar-refractivity contribution is 6.38. The number of ether oxygens (including phenoxy) is 1. The zero-order valence-electron chi connectivity index (χ0n) is 8.81. The van der Waals surface area contributed by atoms with Gasteiger partial charge >= 0.3 is 5.97 Å². The normalized spacial score (nSPS) is 11.1. The molecule has 0 bridgehead atoms. The molecule has 17 heavy (non-hydrogen) atoms. The van der Waals surface area contributed by atoms with E-state index >= 15 is 0 Å². The number of aliphatic hydroxyl groups excluding tert-OH is 1. The van der Waals surface area contributed by atoms with E-state index in [9.17, 15) is 14.7 Å². The van der Waals surface area contributed by atoms with Crippen LogP contribution in [0.1, 0.15) is 5.56 Å². The highest BCUT2D eigenvalue weighted by atomic mass is 35.5. The summed E-state index contributed by atoms with van der Waals surface area (Å²) in [6, 6.07) is 4.39. The minimum Gasteiger partial charge on any atom is -0.507 e. The monoisotopic (exact) mass is 256 g/mol. The average molecular weight is 257 g/mol. The molecule has 0 atom stereocenters. The minimum absolute atomic E-state index is 0.148. The third kappa shape index (κ3) is 3.22. The van der Waals surface area contributed by atoms with Crippen molar-refractivity contribution in [2.45, 2.75) is 0 Å². The van der Waals surface area contributed by atoms with Crippen molar-refractivity contribution in [1.29, 1.82) is 0 Å². The Morgan fingerprint density at radius 3 is 2.53 bits per heavy atom. The highest BCUT2D eigenvalue weighted by Gasteiger charge is 2.13. The van der Waals surface area contributed by atoms with Crippen LogP contribution in [-0.4, -0.2) is 29.1 Å². The van der Waals surface area contributed by atoms with Gasteiger partial charge in [-0.2, -0.15) is 0 Å². The molecule has 0 saturated heterocycles. The molecule has 1 aromatic rings. The van der Waals surface area contributed by atoms with Gasteiger partial charge in [0.1, 0.15) is 11.5 Å². The van der Waals surface area contributed by atoms with Crippen LogP contribution in [0.15, 0.2) is 24.3 Å². The predicted molar refractivity (Wildman–Crippen MR) is 61.3 cm³/mol. The van der Waals surface area contributed by atoms with Gasteiger partial charge in [0.2, 0.25) is 0 Å². The molecule has 1 rings (SSSR count). The number of hydrogen-bond donors (Lipinski definition) is 2. The number of benzene rings is 1. The van der Waals surface area contributed by atoms with E-state index in [1.165, 1.54) is 25.3 Å². The van der Waals surface area contributed by atoms with Crippen LogP contribution in [0, 0.1) is 0 Å². The molecule has 0 amide bonds. The number of carbonyl (C=O) groups is 2. The van der Waals surface area contributed by atoms with E-state index in [1.807, 2.05) is 0 Å². The lowest BCUT2D eigenvalue weighted by Gasteiger charge is -2.07. The maximum absolute atomic E-state index is 10.9. The van der Waals surface area contributed by atoms with Gasteiger partial charge in [0.25, 0.3) is 5.78 Å². The molecular weight excluding hydrogens is 248 g/mol. The number of halogens is 1. The van der Waals surface area contributed by atoms with Gasteiger partial charge in [0, 0.05) is 11.1 Å². The number of ketones is 1. The number of aliphatic hydroxyl groups is 1. The van der Waals surface area contributed by atoms with E-state index in [1.54, 1.807) is 0 Å². The molecular formula is C11H9ClO5. The molecule has 0 aliphatic rings. The topological polar surface area (TPSA) is 83.8 Å². The van der Waals surface area contributed by atoms with Crippen LogP contribution in [0.4, 0.5) is 0 Å². The lowest BCUT2D eigenvalue weighted by molar-refractivity contribution is -0.146. The lowest BCUT2D eigenvalue weighted by atomic mass is 10.1. The van der Waals surface area contributed by atoms with Gasteiger partial charge in [-0.15, -0.1) is 0 Å². The zero-order valence-corrected chi connectivity index (χ0v) is 9.56. The number of carboxylic acids is 1. The van der Waals surface area contributed by atoms with E-state index in [-0.39, 0.29) is 11.3 Å². The van der Waals surface area contributed by atoms with Crippen LogP contribution < -0.4 is 4.74 Å². The summed E-state index contributed by atoms with van der Waals surface area (Å²) in [6.45, 7) is 0. The van der Waals surface area contributed by atoms with Gasteiger partial charge in [0.15, 0.2) is 0 Å². The van der Waals surface area contributed by atoms with Gasteiger partial charge in [-0.25, -0.2) is 4.79 Å². The summed E-state index contributed by atoms with van der Waals surface area (Å²) < 4.78 is 4.95. The largest absolute Gasteiger partial charge is 0.507 e. The van der Waals surface area contributed by atoms with Crippen LogP contribution in [0.25, 0.3) is 5.76 Å². The van der Waals surface area contributed by atoms with Crippen LogP contribution in [0.2, 0.25) is 5.02 Å². The molecule has 0 radical (unpaired) electrons. The quantitative estimate of drug-likeness (QED) is 0.488. The number of carboxylic acid groups (broad SMARTS) is 1.